The van der Waals surface area contributed by atoms with Gasteiger partial charge in [0.05, 0.1) is 48.6 Å². The lowest BCUT2D eigenvalue weighted by Gasteiger charge is -2.47. The number of aryl methyl sites for hydroxylation is 1. The Morgan fingerprint density at radius 3 is 2.68 bits per heavy atom. The maximum Gasteiger partial charge on any atom is 0.156 e. The molecule has 2 atom stereocenters. The minimum atomic E-state index is -0.192. The number of fused-ring (bicyclic) bond motifs is 4. The molecule has 8 nitrogen and oxygen atoms in total. The van der Waals surface area contributed by atoms with E-state index >= 15 is 4.39 Å². The number of halogens is 1. The monoisotopic (exact) mass is 515 g/mol. The zero-order valence-electron chi connectivity index (χ0n) is 22.0. The van der Waals surface area contributed by atoms with Gasteiger partial charge in [0.25, 0.3) is 0 Å². The highest BCUT2D eigenvalue weighted by molar-refractivity contribution is 5.91. The van der Waals surface area contributed by atoms with E-state index in [1.165, 1.54) is 0 Å². The van der Waals surface area contributed by atoms with Crippen molar-refractivity contribution in [3.63, 3.8) is 0 Å². The van der Waals surface area contributed by atoms with Gasteiger partial charge in [0.2, 0.25) is 0 Å². The maximum absolute atomic E-state index is 15.7. The Balaban J connectivity index is 1.22. The maximum atomic E-state index is 15.7. The van der Waals surface area contributed by atoms with Gasteiger partial charge >= 0.3 is 0 Å². The van der Waals surface area contributed by atoms with Crippen LogP contribution in [0.1, 0.15) is 44.2 Å². The second kappa shape index (κ2) is 9.47. The van der Waals surface area contributed by atoms with E-state index in [1.807, 2.05) is 12.4 Å². The number of rotatable bonds is 5. The number of morpholine rings is 1. The van der Waals surface area contributed by atoms with Crippen molar-refractivity contribution in [3.05, 3.63) is 48.3 Å². The molecular weight excluding hydrogens is 481 g/mol. The fraction of sp³-hybridized carbons (Fsp3) is 0.483. The number of hydrogen-bond acceptors (Lipinski definition) is 6. The van der Waals surface area contributed by atoms with Gasteiger partial charge in [-0.15, -0.1) is 0 Å². The lowest BCUT2D eigenvalue weighted by atomic mass is 9.94. The highest BCUT2D eigenvalue weighted by Gasteiger charge is 2.36. The number of anilines is 1. The highest BCUT2D eigenvalue weighted by atomic mass is 19.1. The fourth-order valence-electron chi connectivity index (χ4n) is 6.41. The largest absolute Gasteiger partial charge is 0.374 e. The van der Waals surface area contributed by atoms with Crippen molar-refractivity contribution in [2.75, 3.05) is 38.2 Å². The molecule has 198 valence electrons. The summed E-state index contributed by atoms with van der Waals surface area (Å²) in [6, 6.07) is 4.38. The molecule has 4 aromatic rings. The molecule has 38 heavy (non-hydrogen) atoms. The van der Waals surface area contributed by atoms with Gasteiger partial charge in [0, 0.05) is 35.6 Å². The van der Waals surface area contributed by atoms with Crippen molar-refractivity contribution in [1.29, 1.82) is 0 Å². The Morgan fingerprint density at radius 1 is 1.08 bits per heavy atom. The van der Waals surface area contributed by atoms with Crippen LogP contribution in [0.25, 0.3) is 33.5 Å². The highest BCUT2D eigenvalue weighted by Crippen LogP contribution is 2.38. The predicted octanol–water partition coefficient (Wildman–Crippen LogP) is 4.82. The molecule has 0 spiro atoms. The summed E-state index contributed by atoms with van der Waals surface area (Å²) in [4.78, 5) is 17.5. The molecule has 9 heteroatoms. The Bertz CT molecular complexity index is 1460. The number of piperidine rings is 2. The number of nitrogens with zero attached hydrogens (tertiary/aromatic N) is 6. The summed E-state index contributed by atoms with van der Waals surface area (Å²) in [6.07, 6.45) is 13.0. The lowest BCUT2D eigenvalue weighted by molar-refractivity contribution is -0.0228. The number of aromatic nitrogens is 5. The van der Waals surface area contributed by atoms with E-state index in [1.54, 1.807) is 12.3 Å². The van der Waals surface area contributed by atoms with Crippen LogP contribution in [0, 0.1) is 5.82 Å². The van der Waals surface area contributed by atoms with Crippen molar-refractivity contribution < 1.29 is 9.13 Å². The van der Waals surface area contributed by atoms with Gasteiger partial charge in [-0.25, -0.2) is 14.4 Å². The zero-order chi connectivity index (χ0) is 25.8. The summed E-state index contributed by atoms with van der Waals surface area (Å²) < 4.78 is 23.7. The number of hydrogen-bond donors (Lipinski definition) is 1. The molecule has 2 bridgehead atoms. The Hall–Kier alpha value is -3.30. The van der Waals surface area contributed by atoms with Crippen LogP contribution >= 0.6 is 0 Å². The summed E-state index contributed by atoms with van der Waals surface area (Å²) in [5, 5.41) is 4.69. The number of benzene rings is 1. The average Bonchev–Trinajstić information content (AvgIpc) is 3.60. The smallest absolute Gasteiger partial charge is 0.156 e. The third-order valence-electron chi connectivity index (χ3n) is 8.65. The minimum Gasteiger partial charge on any atom is -0.374 e. The molecule has 4 fully saturated rings. The molecular formula is C29H34FN7O. The first-order valence-corrected chi connectivity index (χ1v) is 13.9. The molecule has 4 aliphatic rings. The summed E-state index contributed by atoms with van der Waals surface area (Å²) in [6.45, 7) is 5.70. The number of ether oxygens (including phenoxy) is 1. The second-order valence-electron chi connectivity index (χ2n) is 11.1. The van der Waals surface area contributed by atoms with Gasteiger partial charge in [-0.2, -0.15) is 5.10 Å². The summed E-state index contributed by atoms with van der Waals surface area (Å²) in [7, 11) is 2.17. The topological polar surface area (TPSA) is 75.1 Å². The van der Waals surface area contributed by atoms with E-state index in [2.05, 4.69) is 55.8 Å². The van der Waals surface area contributed by atoms with Gasteiger partial charge in [-0.05, 0) is 69.9 Å². The average molecular weight is 516 g/mol. The standard InChI is InChI=1S/C29H34FN7O/c1-3-18-10-19(11-25(30)28(18)36-16-23-5-4-22(36)17-38-23)26-14-32-29-27(34-26)24(13-31-29)20-12-33-37(15-20)21-6-8-35(2)9-7-21/h10-15,21-23H,3-9,16-17H2,1-2H3,(H,31,32). The van der Waals surface area contributed by atoms with Crippen LogP contribution in [0.5, 0.6) is 0 Å². The SMILES string of the molecule is CCc1cc(-c2cnc3[nH]cc(-c4cnn(C5CCN(C)CC5)c4)c3n2)cc(F)c1N1CC2CCC1CO2. The van der Waals surface area contributed by atoms with Crippen LogP contribution in [0.2, 0.25) is 0 Å². The van der Waals surface area contributed by atoms with Gasteiger partial charge in [-0.3, -0.25) is 4.68 Å². The molecule has 8 rings (SSSR count). The first kappa shape index (κ1) is 23.8. The predicted molar refractivity (Wildman–Crippen MR) is 146 cm³/mol. The molecule has 7 heterocycles. The van der Waals surface area contributed by atoms with Crippen molar-refractivity contribution in [2.45, 2.75) is 57.2 Å². The van der Waals surface area contributed by atoms with Crippen molar-refractivity contribution in [1.82, 2.24) is 29.6 Å². The molecule has 4 aliphatic heterocycles. The quantitative estimate of drug-likeness (QED) is 0.411. The van der Waals surface area contributed by atoms with Crippen LogP contribution in [-0.4, -0.2) is 75.1 Å². The van der Waals surface area contributed by atoms with Crippen LogP contribution in [0.4, 0.5) is 10.1 Å². The minimum absolute atomic E-state index is 0.192. The molecule has 1 aromatic carbocycles. The van der Waals surface area contributed by atoms with Gasteiger partial charge in [0.1, 0.15) is 11.3 Å². The second-order valence-corrected chi connectivity index (χ2v) is 11.1. The van der Waals surface area contributed by atoms with Crippen LogP contribution in [-0.2, 0) is 11.2 Å². The third kappa shape index (κ3) is 4.08. The van der Waals surface area contributed by atoms with Gasteiger partial charge in [0.15, 0.2) is 5.65 Å². The first-order valence-electron chi connectivity index (χ1n) is 13.9. The van der Waals surface area contributed by atoms with Gasteiger partial charge < -0.3 is 19.5 Å². The summed E-state index contributed by atoms with van der Waals surface area (Å²) in [5.74, 6) is -0.192. The van der Waals surface area contributed by atoms with E-state index < -0.39 is 0 Å². The van der Waals surface area contributed by atoms with Crippen molar-refractivity contribution in [2.24, 2.45) is 0 Å². The normalized spacial score (nSPS) is 22.6. The zero-order valence-corrected chi connectivity index (χ0v) is 22.0. The van der Waals surface area contributed by atoms with E-state index in [0.29, 0.717) is 24.0 Å². The number of nitrogens with one attached hydrogen (secondary N) is 1. The summed E-state index contributed by atoms with van der Waals surface area (Å²) in [5.41, 5.74) is 6.63. The third-order valence-corrected chi connectivity index (χ3v) is 8.65. The van der Waals surface area contributed by atoms with Gasteiger partial charge in [-0.1, -0.05) is 6.92 Å². The molecule has 1 N–H and O–H groups in total. The Kier molecular flexibility index (Phi) is 5.93. The molecule has 0 amide bonds. The number of likely N-dealkylation sites (tertiary alicyclic amines) is 1. The number of aromatic amines is 1. The van der Waals surface area contributed by atoms with Crippen molar-refractivity contribution >= 4 is 16.9 Å². The number of H-pyrrole nitrogens is 1. The van der Waals surface area contributed by atoms with E-state index in [4.69, 9.17) is 9.72 Å². The first-order chi connectivity index (χ1) is 18.6. The van der Waals surface area contributed by atoms with E-state index in [0.717, 1.165) is 85.2 Å². The molecule has 0 aliphatic carbocycles. The molecule has 3 aromatic heterocycles. The Morgan fingerprint density at radius 2 is 1.95 bits per heavy atom. The Labute approximate surface area is 221 Å². The van der Waals surface area contributed by atoms with E-state index in [-0.39, 0.29) is 18.0 Å². The van der Waals surface area contributed by atoms with Crippen molar-refractivity contribution in [3.8, 4) is 22.4 Å². The molecule has 2 unspecified atom stereocenters. The lowest BCUT2D eigenvalue weighted by Crippen LogP contribution is -2.55. The van der Waals surface area contributed by atoms with Crippen LogP contribution < -0.4 is 4.90 Å². The van der Waals surface area contributed by atoms with E-state index in [9.17, 15) is 0 Å². The fourth-order valence-corrected chi connectivity index (χ4v) is 6.41. The molecule has 4 saturated heterocycles. The van der Waals surface area contributed by atoms with Crippen LogP contribution in [0.3, 0.4) is 0 Å². The molecule has 0 radical (unpaired) electrons. The van der Waals surface area contributed by atoms with Crippen LogP contribution in [0.15, 0.2) is 36.9 Å². The molecule has 0 saturated carbocycles. The summed E-state index contributed by atoms with van der Waals surface area (Å²) >= 11 is 0.